The molecule has 3 aromatic carbocycles. The lowest BCUT2D eigenvalue weighted by molar-refractivity contribution is 0.302. The summed E-state index contributed by atoms with van der Waals surface area (Å²) in [6.45, 7) is 5.09. The highest BCUT2D eigenvalue weighted by molar-refractivity contribution is 7.21. The minimum atomic E-state index is 0.00749. The van der Waals surface area contributed by atoms with E-state index in [9.17, 15) is 4.79 Å². The molecular formula is C34H38N2O2S. The Morgan fingerprint density at radius 2 is 1.69 bits per heavy atom. The van der Waals surface area contributed by atoms with Crippen molar-refractivity contribution in [1.29, 1.82) is 0 Å². The topological polar surface area (TPSA) is 34.0 Å². The number of aryl methyl sites for hydroxylation is 1. The first-order valence-corrected chi connectivity index (χ1v) is 14.8. The lowest BCUT2D eigenvalue weighted by Crippen LogP contribution is -2.19. The van der Waals surface area contributed by atoms with Crippen LogP contribution in [0.5, 0.6) is 5.75 Å². The highest BCUT2D eigenvalue weighted by Crippen LogP contribution is 2.37. The fourth-order valence-corrected chi connectivity index (χ4v) is 6.62. The summed E-state index contributed by atoms with van der Waals surface area (Å²) >= 11 is 1.67. The van der Waals surface area contributed by atoms with Crippen molar-refractivity contribution < 1.29 is 4.74 Å². The maximum absolute atomic E-state index is 13.3. The third-order valence-corrected chi connectivity index (χ3v) is 8.53. The lowest BCUT2D eigenvalue weighted by atomic mass is 9.98. The molecule has 0 spiro atoms. The highest BCUT2D eigenvalue weighted by Gasteiger charge is 2.18. The van der Waals surface area contributed by atoms with Gasteiger partial charge in [-0.1, -0.05) is 75.1 Å². The zero-order valence-electron chi connectivity index (χ0n) is 23.5. The Kier molecular flexibility index (Phi) is 8.37. The number of nitrogens with zero attached hydrogens (tertiary/aromatic N) is 2. The second-order valence-corrected chi connectivity index (χ2v) is 11.6. The number of thiazole rings is 1. The normalized spacial score (nSPS) is 11.4. The molecule has 202 valence electrons. The molecule has 0 atom stereocenters. The molecule has 39 heavy (non-hydrogen) atoms. The molecule has 0 aliphatic heterocycles. The fraction of sp³-hybridized carbons (Fsp3) is 0.324. The van der Waals surface area contributed by atoms with E-state index in [-0.39, 0.29) is 5.56 Å². The van der Waals surface area contributed by atoms with E-state index in [1.54, 1.807) is 15.7 Å². The average molecular weight is 539 g/mol. The van der Waals surface area contributed by atoms with Crippen LogP contribution in [-0.2, 0) is 6.42 Å². The van der Waals surface area contributed by atoms with Crippen molar-refractivity contribution in [2.45, 2.75) is 52.4 Å². The predicted octanol–water partition coefficient (Wildman–Crippen LogP) is 8.50. The monoisotopic (exact) mass is 538 g/mol. The van der Waals surface area contributed by atoms with Crippen LogP contribution in [0.2, 0.25) is 0 Å². The standard InChI is InChI=1S/C34H38N2O2S/c1-5-6-7-8-11-19-38-30-18-17-27(20-24(30)2)31-23-36-32(37)22-28(33(35(3)4)34(36)39-31)21-26-15-12-14-25-13-9-10-16-29(25)26/h9-10,12-18,20,22-23H,5-8,11,19,21H2,1-4H3. The van der Waals surface area contributed by atoms with Gasteiger partial charge in [0.2, 0.25) is 0 Å². The number of rotatable bonds is 11. The van der Waals surface area contributed by atoms with E-state index in [1.165, 1.54) is 42.0 Å². The second-order valence-electron chi connectivity index (χ2n) is 10.6. The van der Waals surface area contributed by atoms with E-state index in [1.807, 2.05) is 12.3 Å². The molecule has 0 bridgehead atoms. The molecule has 0 radical (unpaired) electrons. The van der Waals surface area contributed by atoms with Crippen molar-refractivity contribution in [1.82, 2.24) is 4.40 Å². The molecule has 4 nitrogen and oxygen atoms in total. The summed E-state index contributed by atoms with van der Waals surface area (Å²) in [7, 11) is 4.12. The van der Waals surface area contributed by atoms with Crippen LogP contribution >= 0.6 is 11.3 Å². The van der Waals surface area contributed by atoms with Gasteiger partial charge in [-0.2, -0.15) is 0 Å². The van der Waals surface area contributed by atoms with E-state index in [2.05, 4.69) is 93.5 Å². The summed E-state index contributed by atoms with van der Waals surface area (Å²) in [5.74, 6) is 0.943. The number of ether oxygens (including phenoxy) is 1. The van der Waals surface area contributed by atoms with Crippen LogP contribution in [0.3, 0.4) is 0 Å². The summed E-state index contributed by atoms with van der Waals surface area (Å²) in [6, 6.07) is 23.0. The van der Waals surface area contributed by atoms with Crippen molar-refractivity contribution in [3.05, 3.63) is 100.0 Å². The minimum absolute atomic E-state index is 0.00749. The molecular weight excluding hydrogens is 500 g/mol. The van der Waals surface area contributed by atoms with Gasteiger partial charge in [0.1, 0.15) is 10.6 Å². The van der Waals surface area contributed by atoms with Gasteiger partial charge in [-0.05, 0) is 64.6 Å². The summed E-state index contributed by atoms with van der Waals surface area (Å²) in [6.07, 6.45) is 8.84. The van der Waals surface area contributed by atoms with Crippen molar-refractivity contribution >= 4 is 32.6 Å². The number of hydrogen-bond donors (Lipinski definition) is 0. The largest absolute Gasteiger partial charge is 0.493 e. The van der Waals surface area contributed by atoms with Crippen molar-refractivity contribution in [3.63, 3.8) is 0 Å². The van der Waals surface area contributed by atoms with Crippen molar-refractivity contribution in [3.8, 4) is 16.2 Å². The Morgan fingerprint density at radius 1 is 0.897 bits per heavy atom. The number of anilines is 1. The van der Waals surface area contributed by atoms with E-state index in [0.29, 0.717) is 6.42 Å². The molecule has 0 saturated carbocycles. The maximum atomic E-state index is 13.3. The smallest absolute Gasteiger partial charge is 0.256 e. The molecule has 0 aliphatic carbocycles. The molecule has 5 rings (SSSR count). The summed E-state index contributed by atoms with van der Waals surface area (Å²) in [5, 5.41) is 2.45. The van der Waals surface area contributed by atoms with Gasteiger partial charge < -0.3 is 9.64 Å². The van der Waals surface area contributed by atoms with Gasteiger partial charge in [0.15, 0.2) is 0 Å². The average Bonchev–Trinajstić information content (AvgIpc) is 3.37. The first-order valence-electron chi connectivity index (χ1n) is 14.0. The molecule has 5 heteroatoms. The molecule has 0 aliphatic rings. The number of fused-ring (bicyclic) bond motifs is 2. The molecule has 0 N–H and O–H groups in total. The molecule has 2 aromatic heterocycles. The van der Waals surface area contributed by atoms with Gasteiger partial charge in [-0.25, -0.2) is 0 Å². The fourth-order valence-electron chi connectivity index (χ4n) is 5.36. The third kappa shape index (κ3) is 5.89. The molecule has 0 amide bonds. The van der Waals surface area contributed by atoms with Crippen LogP contribution < -0.4 is 15.2 Å². The third-order valence-electron chi connectivity index (χ3n) is 7.39. The molecule has 5 aromatic rings. The minimum Gasteiger partial charge on any atom is -0.493 e. The highest BCUT2D eigenvalue weighted by atomic mass is 32.1. The Balaban J connectivity index is 1.45. The number of hydrogen-bond acceptors (Lipinski definition) is 4. The number of benzene rings is 3. The second kappa shape index (κ2) is 12.1. The van der Waals surface area contributed by atoms with E-state index in [4.69, 9.17) is 4.74 Å². The predicted molar refractivity (Wildman–Crippen MR) is 167 cm³/mol. The molecule has 0 fully saturated rings. The molecule has 0 saturated heterocycles. The lowest BCUT2D eigenvalue weighted by Gasteiger charge is -2.19. The van der Waals surface area contributed by atoms with Gasteiger partial charge in [-0.15, -0.1) is 11.3 Å². The SMILES string of the molecule is CCCCCCCOc1ccc(-c2cn3c(=O)cc(Cc4cccc5ccccc45)c(N(C)C)c3s2)cc1C. The van der Waals surface area contributed by atoms with Crippen LogP contribution in [0, 0.1) is 6.92 Å². The Labute approximate surface area is 235 Å². The quantitative estimate of drug-likeness (QED) is 0.158. The first kappa shape index (κ1) is 27.0. The van der Waals surface area contributed by atoms with Gasteiger partial charge >= 0.3 is 0 Å². The molecule has 0 unspecified atom stereocenters. The number of pyridine rings is 1. The summed E-state index contributed by atoms with van der Waals surface area (Å²) in [5.41, 5.74) is 5.61. The number of aromatic nitrogens is 1. The van der Waals surface area contributed by atoms with Crippen LogP contribution in [0.25, 0.3) is 26.0 Å². The van der Waals surface area contributed by atoms with Crippen LogP contribution in [0.4, 0.5) is 5.69 Å². The zero-order chi connectivity index (χ0) is 27.4. The van der Waals surface area contributed by atoms with Crippen molar-refractivity contribution in [2.75, 3.05) is 25.6 Å². The number of unbranched alkanes of at least 4 members (excludes halogenated alkanes) is 4. The van der Waals surface area contributed by atoms with Crippen LogP contribution in [0.15, 0.2) is 77.7 Å². The van der Waals surface area contributed by atoms with Gasteiger partial charge in [0.25, 0.3) is 5.56 Å². The van der Waals surface area contributed by atoms with E-state index < -0.39 is 0 Å². The summed E-state index contributed by atoms with van der Waals surface area (Å²) < 4.78 is 7.88. The summed E-state index contributed by atoms with van der Waals surface area (Å²) in [4.78, 5) is 17.5. The van der Waals surface area contributed by atoms with Gasteiger partial charge in [0, 0.05) is 32.8 Å². The zero-order valence-corrected chi connectivity index (χ0v) is 24.3. The van der Waals surface area contributed by atoms with Crippen molar-refractivity contribution in [2.24, 2.45) is 0 Å². The van der Waals surface area contributed by atoms with Crippen LogP contribution in [-0.4, -0.2) is 25.1 Å². The molecule has 2 heterocycles. The van der Waals surface area contributed by atoms with Crippen LogP contribution in [0.1, 0.15) is 55.7 Å². The Hall–Kier alpha value is -3.57. The van der Waals surface area contributed by atoms with Gasteiger partial charge in [0.05, 0.1) is 17.2 Å². The first-order chi connectivity index (χ1) is 19.0. The van der Waals surface area contributed by atoms with Gasteiger partial charge in [-0.3, -0.25) is 9.20 Å². The van der Waals surface area contributed by atoms with E-state index in [0.717, 1.165) is 50.9 Å². The maximum Gasteiger partial charge on any atom is 0.256 e. The Bertz CT molecular complexity index is 1640. The van der Waals surface area contributed by atoms with E-state index >= 15 is 0 Å². The Morgan fingerprint density at radius 3 is 2.49 bits per heavy atom.